The van der Waals surface area contributed by atoms with E-state index in [9.17, 15) is 4.79 Å². The molecule has 3 heterocycles. The monoisotopic (exact) mass is 339 g/mol. The Kier molecular flexibility index (Phi) is 4.78. The van der Waals surface area contributed by atoms with Crippen LogP contribution in [0.5, 0.6) is 0 Å². The lowest BCUT2D eigenvalue weighted by molar-refractivity contribution is -0.122. The molecule has 25 heavy (non-hydrogen) atoms. The molecule has 1 amide bonds. The smallest absolute Gasteiger partial charge is 0.222 e. The first-order chi connectivity index (χ1) is 12.3. The molecular weight excluding hydrogens is 314 g/mol. The van der Waals surface area contributed by atoms with Gasteiger partial charge in [-0.25, -0.2) is 0 Å². The molecule has 2 aromatic heterocycles. The molecule has 1 N–H and O–H groups in total. The molecule has 0 aromatic carbocycles. The van der Waals surface area contributed by atoms with E-state index in [0.29, 0.717) is 19.0 Å². The first-order valence-electron chi connectivity index (χ1n) is 9.21. The van der Waals surface area contributed by atoms with Crippen LogP contribution in [-0.4, -0.2) is 38.2 Å². The minimum absolute atomic E-state index is 0.0728. The quantitative estimate of drug-likeness (QED) is 0.908. The number of pyridine rings is 1. The van der Waals surface area contributed by atoms with Crippen molar-refractivity contribution in [2.24, 2.45) is 0 Å². The van der Waals surface area contributed by atoms with Crippen LogP contribution in [0.15, 0.2) is 36.8 Å². The molecule has 0 unspecified atom stereocenters. The zero-order valence-electron chi connectivity index (χ0n) is 14.5. The number of fused-ring (bicyclic) bond motifs is 1. The van der Waals surface area contributed by atoms with Crippen LogP contribution in [0.2, 0.25) is 0 Å². The van der Waals surface area contributed by atoms with E-state index in [1.807, 2.05) is 18.3 Å². The SMILES string of the molecule is O=C(C[C@H]1CN(C2CCCC2)Cc2ccnn21)NCc1cccnc1. The maximum absolute atomic E-state index is 12.5. The third kappa shape index (κ3) is 3.74. The molecule has 1 fully saturated rings. The van der Waals surface area contributed by atoms with Crippen molar-refractivity contribution in [1.82, 2.24) is 25.0 Å². The molecule has 0 radical (unpaired) electrons. The van der Waals surface area contributed by atoms with Gasteiger partial charge in [-0.05, 0) is 30.5 Å². The Balaban J connectivity index is 1.39. The first kappa shape index (κ1) is 16.3. The summed E-state index contributed by atoms with van der Waals surface area (Å²) in [5.41, 5.74) is 2.25. The Morgan fingerprint density at radius 3 is 2.92 bits per heavy atom. The minimum Gasteiger partial charge on any atom is -0.352 e. The molecule has 2 aliphatic rings. The summed E-state index contributed by atoms with van der Waals surface area (Å²) in [7, 11) is 0. The van der Waals surface area contributed by atoms with Gasteiger partial charge in [0.05, 0.1) is 18.2 Å². The molecule has 0 bridgehead atoms. The topological polar surface area (TPSA) is 63.1 Å². The summed E-state index contributed by atoms with van der Waals surface area (Å²) in [4.78, 5) is 19.1. The van der Waals surface area contributed by atoms with E-state index in [4.69, 9.17) is 0 Å². The number of carbonyl (C=O) groups is 1. The Labute approximate surface area is 148 Å². The van der Waals surface area contributed by atoms with Crippen molar-refractivity contribution in [2.75, 3.05) is 6.54 Å². The van der Waals surface area contributed by atoms with Crippen molar-refractivity contribution in [1.29, 1.82) is 0 Å². The highest BCUT2D eigenvalue weighted by atomic mass is 16.1. The van der Waals surface area contributed by atoms with Gasteiger partial charge in [0.15, 0.2) is 0 Å². The van der Waals surface area contributed by atoms with Crippen molar-refractivity contribution in [3.05, 3.63) is 48.0 Å². The van der Waals surface area contributed by atoms with Crippen LogP contribution in [-0.2, 0) is 17.9 Å². The second-order valence-electron chi connectivity index (χ2n) is 7.13. The Morgan fingerprint density at radius 1 is 1.24 bits per heavy atom. The Bertz CT molecular complexity index is 708. The fourth-order valence-electron chi connectivity index (χ4n) is 4.10. The Hall–Kier alpha value is -2.21. The summed E-state index contributed by atoms with van der Waals surface area (Å²) in [5.74, 6) is 0.0728. The standard InChI is InChI=1S/C19H25N5O/c25-19(21-12-15-4-3-8-20-11-15)10-18-14-23(16-5-1-2-6-16)13-17-7-9-22-24(17)18/h3-4,7-9,11,16,18H,1-2,5-6,10,12-14H2,(H,21,25)/t18-/m0/s1. The summed E-state index contributed by atoms with van der Waals surface area (Å²) in [6, 6.07) is 6.74. The van der Waals surface area contributed by atoms with Crippen LogP contribution in [0.1, 0.15) is 49.4 Å². The van der Waals surface area contributed by atoms with Gasteiger partial charge in [0.1, 0.15) is 0 Å². The maximum Gasteiger partial charge on any atom is 0.222 e. The molecule has 1 saturated carbocycles. The molecule has 1 aliphatic carbocycles. The lowest BCUT2D eigenvalue weighted by atomic mass is 10.1. The third-order valence-corrected chi connectivity index (χ3v) is 5.38. The number of aromatic nitrogens is 3. The van der Waals surface area contributed by atoms with Crippen LogP contribution in [0.3, 0.4) is 0 Å². The van der Waals surface area contributed by atoms with Gasteiger partial charge in [0.2, 0.25) is 5.91 Å². The van der Waals surface area contributed by atoms with Crippen LogP contribution >= 0.6 is 0 Å². The molecule has 0 spiro atoms. The van der Waals surface area contributed by atoms with E-state index >= 15 is 0 Å². The van der Waals surface area contributed by atoms with Gasteiger partial charge < -0.3 is 5.32 Å². The average Bonchev–Trinajstić information content (AvgIpc) is 3.32. The third-order valence-electron chi connectivity index (χ3n) is 5.38. The Morgan fingerprint density at radius 2 is 2.12 bits per heavy atom. The van der Waals surface area contributed by atoms with Gasteiger partial charge >= 0.3 is 0 Å². The molecule has 1 atom stereocenters. The summed E-state index contributed by atoms with van der Waals surface area (Å²) in [5, 5.41) is 7.49. The van der Waals surface area contributed by atoms with E-state index in [1.165, 1.54) is 31.4 Å². The van der Waals surface area contributed by atoms with E-state index in [1.54, 1.807) is 12.4 Å². The molecular formula is C19H25N5O. The summed E-state index contributed by atoms with van der Waals surface area (Å²) in [6.07, 6.45) is 11.1. The second kappa shape index (κ2) is 7.35. The molecule has 6 nitrogen and oxygen atoms in total. The highest BCUT2D eigenvalue weighted by Gasteiger charge is 2.32. The van der Waals surface area contributed by atoms with Crippen molar-refractivity contribution >= 4 is 5.91 Å². The lowest BCUT2D eigenvalue weighted by Crippen LogP contribution is -2.44. The molecule has 2 aromatic rings. The normalized spacial score (nSPS) is 21.2. The molecule has 0 saturated heterocycles. The molecule has 6 heteroatoms. The minimum atomic E-state index is 0.0728. The molecule has 1 aliphatic heterocycles. The number of rotatable bonds is 5. The van der Waals surface area contributed by atoms with E-state index < -0.39 is 0 Å². The largest absolute Gasteiger partial charge is 0.352 e. The van der Waals surface area contributed by atoms with Crippen LogP contribution in [0.25, 0.3) is 0 Å². The van der Waals surface area contributed by atoms with Gasteiger partial charge in [-0.15, -0.1) is 0 Å². The number of nitrogens with one attached hydrogen (secondary N) is 1. The van der Waals surface area contributed by atoms with Crippen molar-refractivity contribution in [3.8, 4) is 0 Å². The number of hydrogen-bond acceptors (Lipinski definition) is 4. The predicted octanol–water partition coefficient (Wildman–Crippen LogP) is 2.28. The average molecular weight is 339 g/mol. The number of amides is 1. The molecule has 4 rings (SSSR count). The lowest BCUT2D eigenvalue weighted by Gasteiger charge is -2.37. The van der Waals surface area contributed by atoms with E-state index in [2.05, 4.69) is 31.0 Å². The summed E-state index contributed by atoms with van der Waals surface area (Å²) < 4.78 is 2.05. The van der Waals surface area contributed by atoms with Gasteiger partial charge in [0, 0.05) is 44.3 Å². The second-order valence-corrected chi connectivity index (χ2v) is 7.13. The van der Waals surface area contributed by atoms with Crippen molar-refractivity contribution in [2.45, 2.75) is 57.3 Å². The zero-order valence-corrected chi connectivity index (χ0v) is 14.5. The maximum atomic E-state index is 12.5. The van der Waals surface area contributed by atoms with Crippen molar-refractivity contribution < 1.29 is 4.79 Å². The number of nitrogens with zero attached hydrogens (tertiary/aromatic N) is 4. The first-order valence-corrected chi connectivity index (χ1v) is 9.21. The highest BCUT2D eigenvalue weighted by molar-refractivity contribution is 5.76. The number of carbonyl (C=O) groups excluding carboxylic acids is 1. The van der Waals surface area contributed by atoms with E-state index in [0.717, 1.165) is 18.7 Å². The fraction of sp³-hybridized carbons (Fsp3) is 0.526. The van der Waals surface area contributed by atoms with Gasteiger partial charge in [0.25, 0.3) is 0 Å². The van der Waals surface area contributed by atoms with Crippen LogP contribution in [0, 0.1) is 0 Å². The fourth-order valence-corrected chi connectivity index (χ4v) is 4.10. The predicted molar refractivity (Wildman–Crippen MR) is 94.6 cm³/mol. The van der Waals surface area contributed by atoms with Gasteiger partial charge in [-0.3, -0.25) is 19.4 Å². The summed E-state index contributed by atoms with van der Waals surface area (Å²) in [6.45, 7) is 2.40. The molecule has 132 valence electrons. The van der Waals surface area contributed by atoms with Gasteiger partial charge in [-0.2, -0.15) is 5.10 Å². The van der Waals surface area contributed by atoms with Crippen LogP contribution in [0.4, 0.5) is 0 Å². The summed E-state index contributed by atoms with van der Waals surface area (Å²) >= 11 is 0. The number of hydrogen-bond donors (Lipinski definition) is 1. The van der Waals surface area contributed by atoms with E-state index in [-0.39, 0.29) is 11.9 Å². The van der Waals surface area contributed by atoms with Crippen molar-refractivity contribution in [3.63, 3.8) is 0 Å². The highest BCUT2D eigenvalue weighted by Crippen LogP contribution is 2.30. The zero-order chi connectivity index (χ0) is 17.1. The van der Waals surface area contributed by atoms with Gasteiger partial charge in [-0.1, -0.05) is 18.9 Å². The van der Waals surface area contributed by atoms with Crippen LogP contribution < -0.4 is 5.32 Å².